The number of urea groups is 1. The average molecular weight is 487 g/mol. The molecular formula is C21H34N4O7S. The van der Waals surface area contributed by atoms with Crippen LogP contribution in [0, 0.1) is 5.92 Å². The van der Waals surface area contributed by atoms with Gasteiger partial charge in [-0.1, -0.05) is 0 Å². The van der Waals surface area contributed by atoms with Gasteiger partial charge >= 0.3 is 12.0 Å². The smallest absolute Gasteiger partial charge is 0.327 e. The van der Waals surface area contributed by atoms with Gasteiger partial charge in [0.25, 0.3) is 0 Å². The van der Waals surface area contributed by atoms with Crippen LogP contribution < -0.4 is 10.2 Å². The lowest BCUT2D eigenvalue weighted by molar-refractivity contribution is -0.150. The highest BCUT2D eigenvalue weighted by atomic mass is 32.2. The van der Waals surface area contributed by atoms with Crippen molar-refractivity contribution in [3.8, 4) is 0 Å². The molecule has 3 amide bonds. The summed E-state index contributed by atoms with van der Waals surface area (Å²) in [5, 5.41) is -0.718. The molecule has 4 aliphatic rings. The molecule has 0 aromatic carbocycles. The highest BCUT2D eigenvalue weighted by molar-refractivity contribution is 7.90. The number of amides is 3. The third-order valence-corrected chi connectivity index (χ3v) is 9.18. The van der Waals surface area contributed by atoms with Gasteiger partial charge in [-0.15, -0.1) is 0 Å². The Labute approximate surface area is 194 Å². The minimum atomic E-state index is -3.61. The molecule has 33 heavy (non-hydrogen) atoms. The molecule has 5 unspecified atom stereocenters. The first kappa shape index (κ1) is 24.4. The number of hydroxylamine groups is 1. The number of carbonyl (C=O) groups is 3. The molecule has 0 aromatic rings. The van der Waals surface area contributed by atoms with Crippen LogP contribution in [0.5, 0.6) is 0 Å². The van der Waals surface area contributed by atoms with E-state index in [0.29, 0.717) is 19.3 Å². The Morgan fingerprint density at radius 2 is 2.00 bits per heavy atom. The number of fused-ring (bicyclic) bond motifs is 1. The van der Waals surface area contributed by atoms with Crippen molar-refractivity contribution < 1.29 is 32.4 Å². The Kier molecular flexibility index (Phi) is 6.74. The van der Waals surface area contributed by atoms with E-state index in [-0.39, 0.29) is 38.3 Å². The molecule has 0 bridgehead atoms. The van der Waals surface area contributed by atoms with Gasteiger partial charge in [-0.3, -0.25) is 19.3 Å². The maximum atomic E-state index is 13.4. The summed E-state index contributed by atoms with van der Waals surface area (Å²) in [5.74, 6) is -1.65. The Morgan fingerprint density at radius 1 is 1.27 bits per heavy atom. The van der Waals surface area contributed by atoms with Crippen LogP contribution in [0.15, 0.2) is 0 Å². The summed E-state index contributed by atoms with van der Waals surface area (Å²) in [6, 6.07) is -0.995. The lowest BCUT2D eigenvalue weighted by Crippen LogP contribution is -2.65. The molecule has 5 atom stereocenters. The zero-order valence-electron chi connectivity index (χ0n) is 19.4. The quantitative estimate of drug-likeness (QED) is 0.474. The molecule has 12 heteroatoms. The van der Waals surface area contributed by atoms with Crippen molar-refractivity contribution in [2.24, 2.45) is 5.92 Å². The fraction of sp³-hybridized carbons (Fsp3) is 0.857. The molecule has 0 radical (unpaired) electrons. The van der Waals surface area contributed by atoms with Crippen molar-refractivity contribution in [1.29, 1.82) is 0 Å². The molecule has 4 fully saturated rings. The molecule has 0 aromatic heterocycles. The maximum Gasteiger partial charge on any atom is 0.327 e. The van der Waals surface area contributed by atoms with E-state index in [1.165, 1.54) is 4.90 Å². The molecular weight excluding hydrogens is 452 g/mol. The summed E-state index contributed by atoms with van der Waals surface area (Å²) in [7, 11) is -3.61. The van der Waals surface area contributed by atoms with Gasteiger partial charge in [0.15, 0.2) is 0 Å². The van der Waals surface area contributed by atoms with Gasteiger partial charge < -0.3 is 9.64 Å². The number of hydrogen-bond donors (Lipinski definition) is 2. The maximum absolute atomic E-state index is 13.4. The highest BCUT2D eigenvalue weighted by Gasteiger charge is 2.53. The summed E-state index contributed by atoms with van der Waals surface area (Å²) >= 11 is 0. The van der Waals surface area contributed by atoms with Gasteiger partial charge in [0.1, 0.15) is 6.54 Å². The summed E-state index contributed by atoms with van der Waals surface area (Å²) in [6.45, 7) is 5.45. The predicted molar refractivity (Wildman–Crippen MR) is 117 cm³/mol. The van der Waals surface area contributed by atoms with Crippen molar-refractivity contribution in [2.75, 3.05) is 19.7 Å². The third-order valence-electron chi connectivity index (χ3n) is 7.10. The van der Waals surface area contributed by atoms with Crippen LogP contribution in [-0.4, -0.2) is 84.8 Å². The molecule has 0 spiro atoms. The number of ether oxygens (including phenoxy) is 1. The average Bonchev–Trinajstić information content (AvgIpc) is 3.32. The van der Waals surface area contributed by atoms with Gasteiger partial charge in [0.05, 0.1) is 30.4 Å². The monoisotopic (exact) mass is 486 g/mol. The predicted octanol–water partition coefficient (Wildman–Crippen LogP) is 0.505. The molecule has 2 saturated carbocycles. The van der Waals surface area contributed by atoms with E-state index >= 15 is 0 Å². The Bertz CT molecular complexity index is 906. The Morgan fingerprint density at radius 3 is 2.61 bits per heavy atom. The highest BCUT2D eigenvalue weighted by Crippen LogP contribution is 2.40. The fourth-order valence-corrected chi connectivity index (χ4v) is 7.03. The number of rotatable bonds is 8. The molecule has 2 aliphatic carbocycles. The van der Waals surface area contributed by atoms with E-state index in [0.717, 1.165) is 17.7 Å². The van der Waals surface area contributed by atoms with E-state index in [2.05, 4.69) is 10.2 Å². The first-order chi connectivity index (χ1) is 15.5. The lowest BCUT2D eigenvalue weighted by Gasteiger charge is -2.48. The second-order valence-corrected chi connectivity index (χ2v) is 11.9. The Balaban J connectivity index is 1.55. The van der Waals surface area contributed by atoms with Gasteiger partial charge in [-0.25, -0.2) is 17.9 Å². The van der Waals surface area contributed by atoms with Crippen LogP contribution in [0.25, 0.3) is 0 Å². The van der Waals surface area contributed by atoms with Crippen molar-refractivity contribution in [3.05, 3.63) is 0 Å². The zero-order chi connectivity index (χ0) is 24.0. The molecule has 2 saturated heterocycles. The van der Waals surface area contributed by atoms with Gasteiger partial charge in [0.2, 0.25) is 15.9 Å². The standard InChI is InChI=1S/C21H34N4O7S/c1-4-31-18(26)12-24-17-6-5-15(33(29,30)23-21(3)7-8-21)10-16(17)19(27)25(20(24)28)11-14-9-13(2)22-32-14/h13-17,22-23H,4-12H2,1-3H3. The van der Waals surface area contributed by atoms with Crippen LogP contribution in [0.4, 0.5) is 4.79 Å². The normalized spacial score (nSPS) is 33.7. The molecule has 2 aliphatic heterocycles. The summed E-state index contributed by atoms with van der Waals surface area (Å²) in [4.78, 5) is 46.9. The van der Waals surface area contributed by atoms with Crippen molar-refractivity contribution in [2.45, 2.75) is 88.3 Å². The van der Waals surface area contributed by atoms with Crippen molar-refractivity contribution >= 4 is 27.9 Å². The van der Waals surface area contributed by atoms with E-state index in [4.69, 9.17) is 9.57 Å². The van der Waals surface area contributed by atoms with Crippen LogP contribution in [0.2, 0.25) is 0 Å². The SMILES string of the molecule is CCOC(=O)CN1C(=O)N(CC2CC(C)NO2)C(=O)C2CC(S(=O)(=O)NC3(C)CC3)CCC21. The number of carbonyl (C=O) groups excluding carboxylic acids is 3. The third kappa shape index (κ3) is 5.18. The fourth-order valence-electron chi connectivity index (χ4n) is 5.06. The first-order valence-corrected chi connectivity index (χ1v) is 13.3. The zero-order valence-corrected chi connectivity index (χ0v) is 20.2. The number of esters is 1. The molecule has 2 heterocycles. The van der Waals surface area contributed by atoms with Gasteiger partial charge in [-0.05, 0) is 59.3 Å². The lowest BCUT2D eigenvalue weighted by atomic mass is 9.80. The number of hydrogen-bond acceptors (Lipinski definition) is 8. The number of nitrogens with zero attached hydrogens (tertiary/aromatic N) is 2. The summed E-state index contributed by atoms with van der Waals surface area (Å²) in [6.07, 6.45) is 2.62. The number of nitrogens with one attached hydrogen (secondary N) is 2. The number of imide groups is 1. The van der Waals surface area contributed by atoms with E-state index < -0.39 is 50.7 Å². The first-order valence-electron chi connectivity index (χ1n) is 11.7. The van der Waals surface area contributed by atoms with Crippen molar-refractivity contribution in [1.82, 2.24) is 20.0 Å². The second-order valence-electron chi connectivity index (χ2n) is 9.98. The van der Waals surface area contributed by atoms with E-state index in [1.54, 1.807) is 6.92 Å². The number of sulfonamides is 1. The minimum Gasteiger partial charge on any atom is -0.465 e. The summed E-state index contributed by atoms with van der Waals surface area (Å²) < 4.78 is 33.9. The van der Waals surface area contributed by atoms with Crippen LogP contribution in [-0.2, 0) is 29.2 Å². The van der Waals surface area contributed by atoms with Crippen molar-refractivity contribution in [3.63, 3.8) is 0 Å². The van der Waals surface area contributed by atoms with Crippen LogP contribution in [0.3, 0.4) is 0 Å². The molecule has 4 rings (SSSR count). The van der Waals surface area contributed by atoms with Gasteiger partial charge in [0, 0.05) is 17.6 Å². The second kappa shape index (κ2) is 9.12. The van der Waals surface area contributed by atoms with Gasteiger partial charge in [-0.2, -0.15) is 5.48 Å². The largest absolute Gasteiger partial charge is 0.465 e. The summed E-state index contributed by atoms with van der Waals surface area (Å²) in [5.41, 5.74) is 2.44. The van der Waals surface area contributed by atoms with E-state index in [1.807, 2.05) is 13.8 Å². The molecule has 2 N–H and O–H groups in total. The topological polar surface area (TPSA) is 134 Å². The van der Waals surface area contributed by atoms with Crippen LogP contribution in [0.1, 0.15) is 59.3 Å². The Hall–Kier alpha value is -1.76. The molecule has 186 valence electrons. The van der Waals surface area contributed by atoms with Crippen LogP contribution >= 0.6 is 0 Å². The minimum absolute atomic E-state index is 0.0469. The van der Waals surface area contributed by atoms with E-state index in [9.17, 15) is 22.8 Å². The molecule has 11 nitrogen and oxygen atoms in total.